The molecule has 1 rings (SSSR count). The predicted molar refractivity (Wildman–Crippen MR) is 339 cm³/mol. The summed E-state index contributed by atoms with van der Waals surface area (Å²) in [4.78, 5) is 13.2. The van der Waals surface area contributed by atoms with Crippen LogP contribution in [-0.2, 0) is 14.3 Å². The van der Waals surface area contributed by atoms with Crippen LogP contribution in [0.5, 0.6) is 0 Å². The van der Waals surface area contributed by atoms with E-state index in [0.29, 0.717) is 12.8 Å². The average molecular weight is 1150 g/mol. The number of ether oxygens (including phenoxy) is 2. The van der Waals surface area contributed by atoms with E-state index in [1.807, 2.05) is 0 Å². The number of rotatable bonds is 63. The van der Waals surface area contributed by atoms with E-state index in [2.05, 4.69) is 31.3 Å². The molecule has 0 aliphatic carbocycles. The first-order valence-corrected chi connectivity index (χ1v) is 35.6. The van der Waals surface area contributed by atoms with Crippen molar-refractivity contribution in [3.05, 3.63) is 12.2 Å². The van der Waals surface area contributed by atoms with Crippen molar-refractivity contribution < 1.29 is 50.0 Å². The van der Waals surface area contributed by atoms with Crippen LogP contribution in [0, 0.1) is 0 Å². The van der Waals surface area contributed by atoms with E-state index in [9.17, 15) is 40.5 Å². The molecule has 482 valence electrons. The summed E-state index contributed by atoms with van der Waals surface area (Å²) in [6.45, 7) is 3.51. The molecule has 1 saturated heterocycles. The lowest BCUT2D eigenvalue weighted by Gasteiger charge is -2.40. The van der Waals surface area contributed by atoms with Crippen molar-refractivity contribution in [2.75, 3.05) is 13.2 Å². The lowest BCUT2D eigenvalue weighted by atomic mass is 9.98. The summed E-state index contributed by atoms with van der Waals surface area (Å²) in [5.41, 5.74) is 0. The average Bonchev–Trinajstić information content (AvgIpc) is 3.49. The number of hydrogen-bond donors (Lipinski definition) is 8. The molecule has 0 saturated carbocycles. The fourth-order valence-electron chi connectivity index (χ4n) is 11.9. The van der Waals surface area contributed by atoms with Crippen molar-refractivity contribution in [2.24, 2.45) is 0 Å². The van der Waals surface area contributed by atoms with E-state index in [1.165, 1.54) is 289 Å². The zero-order valence-corrected chi connectivity index (χ0v) is 53.3. The lowest BCUT2D eigenvalue weighted by Crippen LogP contribution is -2.60. The van der Waals surface area contributed by atoms with Crippen LogP contribution in [0.2, 0.25) is 0 Å². The molecule has 81 heavy (non-hydrogen) atoms. The van der Waals surface area contributed by atoms with Crippen LogP contribution < -0.4 is 5.32 Å². The molecule has 8 N–H and O–H groups in total. The second-order valence-corrected chi connectivity index (χ2v) is 25.3. The van der Waals surface area contributed by atoms with E-state index in [0.717, 1.165) is 32.1 Å². The number of aliphatic hydroxyl groups is 7. The van der Waals surface area contributed by atoms with E-state index in [-0.39, 0.29) is 12.8 Å². The molecule has 1 amide bonds. The van der Waals surface area contributed by atoms with Gasteiger partial charge in [-0.15, -0.1) is 0 Å². The van der Waals surface area contributed by atoms with Gasteiger partial charge in [0.25, 0.3) is 0 Å². The Morgan fingerprint density at radius 1 is 0.420 bits per heavy atom. The van der Waals surface area contributed by atoms with Gasteiger partial charge in [-0.2, -0.15) is 0 Å². The van der Waals surface area contributed by atoms with Crippen molar-refractivity contribution in [3.63, 3.8) is 0 Å². The highest BCUT2D eigenvalue weighted by Crippen LogP contribution is 2.24. The number of unbranched alkanes of at least 4 members (excludes halogenated alkanes) is 49. The quantitative estimate of drug-likeness (QED) is 0.0215. The third kappa shape index (κ3) is 46.7. The van der Waals surface area contributed by atoms with Crippen LogP contribution in [-0.4, -0.2) is 110 Å². The molecule has 0 aromatic carbocycles. The van der Waals surface area contributed by atoms with Crippen LogP contribution in [0.25, 0.3) is 0 Å². The standard InChI is InChI=1S/C70H137NO10/c1-3-5-7-9-11-13-15-17-19-21-23-25-27-29-31-32-34-35-37-39-41-43-45-47-49-51-53-55-57-62(73)65(75)61(60-80-70-68(78)67(77)66(76)64(59-72)81-70)71-69(79)63(74)58-56-54-52-50-48-46-44-42-40-38-36-33-30-28-26-24-22-20-18-16-14-12-10-8-6-4-2/h49,51,61-68,70,72-78H,3-48,50,52-60H2,1-2H3,(H,71,79)/b51-49+. The van der Waals surface area contributed by atoms with Crippen LogP contribution in [0.1, 0.15) is 361 Å². The zero-order chi connectivity index (χ0) is 58.9. The number of hydrogen-bond acceptors (Lipinski definition) is 10. The van der Waals surface area contributed by atoms with Gasteiger partial charge in [0.2, 0.25) is 5.91 Å². The maximum absolute atomic E-state index is 13.2. The molecule has 1 aliphatic rings. The van der Waals surface area contributed by atoms with Gasteiger partial charge in [-0.1, -0.05) is 334 Å². The number of allylic oxidation sites excluding steroid dienone is 2. The molecule has 0 radical (unpaired) electrons. The third-order valence-electron chi connectivity index (χ3n) is 17.6. The van der Waals surface area contributed by atoms with E-state index >= 15 is 0 Å². The highest BCUT2D eigenvalue weighted by Gasteiger charge is 2.44. The Balaban J connectivity index is 2.20. The van der Waals surface area contributed by atoms with Gasteiger partial charge in [-0.05, 0) is 38.5 Å². The highest BCUT2D eigenvalue weighted by molar-refractivity contribution is 5.80. The summed E-state index contributed by atoms with van der Waals surface area (Å²) in [7, 11) is 0. The van der Waals surface area contributed by atoms with Crippen molar-refractivity contribution in [2.45, 2.75) is 416 Å². The van der Waals surface area contributed by atoms with Crippen LogP contribution in [0.15, 0.2) is 12.2 Å². The van der Waals surface area contributed by atoms with E-state index < -0.39 is 74.2 Å². The second kappa shape index (κ2) is 59.2. The summed E-state index contributed by atoms with van der Waals surface area (Å²) < 4.78 is 11.2. The molecule has 0 bridgehead atoms. The van der Waals surface area contributed by atoms with Crippen molar-refractivity contribution in [3.8, 4) is 0 Å². The number of carbonyl (C=O) groups is 1. The molecule has 0 aromatic rings. The largest absolute Gasteiger partial charge is 0.394 e. The smallest absolute Gasteiger partial charge is 0.249 e. The minimum absolute atomic E-state index is 0.260. The zero-order valence-electron chi connectivity index (χ0n) is 53.3. The molecule has 0 spiro atoms. The van der Waals surface area contributed by atoms with Crippen LogP contribution in [0.4, 0.5) is 0 Å². The maximum Gasteiger partial charge on any atom is 0.249 e. The molecule has 0 aromatic heterocycles. The first-order valence-electron chi connectivity index (χ1n) is 35.6. The monoisotopic (exact) mass is 1150 g/mol. The minimum atomic E-state index is -1.67. The Bertz CT molecular complexity index is 1320. The first-order chi connectivity index (χ1) is 39.7. The summed E-state index contributed by atoms with van der Waals surface area (Å²) >= 11 is 0. The number of carbonyl (C=O) groups excluding carboxylic acids is 1. The van der Waals surface area contributed by atoms with Gasteiger partial charge in [0.1, 0.15) is 36.6 Å². The van der Waals surface area contributed by atoms with Crippen LogP contribution in [0.3, 0.4) is 0 Å². The first kappa shape index (κ1) is 77.9. The molecule has 1 heterocycles. The van der Waals surface area contributed by atoms with Crippen molar-refractivity contribution in [1.82, 2.24) is 5.32 Å². The fraction of sp³-hybridized carbons (Fsp3) is 0.957. The normalized spacial score (nSPS) is 19.1. The topological polar surface area (TPSA) is 189 Å². The third-order valence-corrected chi connectivity index (χ3v) is 17.6. The van der Waals surface area contributed by atoms with Crippen molar-refractivity contribution in [1.29, 1.82) is 0 Å². The molecular weight excluding hydrogens is 1010 g/mol. The van der Waals surface area contributed by atoms with Crippen molar-refractivity contribution >= 4 is 5.91 Å². The summed E-state index contributed by atoms with van der Waals surface area (Å²) in [6.07, 6.45) is 61.6. The Morgan fingerprint density at radius 3 is 1.06 bits per heavy atom. The maximum atomic E-state index is 13.2. The number of aliphatic hydroxyl groups excluding tert-OH is 7. The number of nitrogens with one attached hydrogen (secondary N) is 1. The predicted octanol–water partition coefficient (Wildman–Crippen LogP) is 17.0. The van der Waals surface area contributed by atoms with Gasteiger partial charge in [-0.3, -0.25) is 4.79 Å². The summed E-state index contributed by atoms with van der Waals surface area (Å²) in [5, 5.41) is 76.5. The van der Waals surface area contributed by atoms with Gasteiger partial charge in [0.05, 0.1) is 25.4 Å². The van der Waals surface area contributed by atoms with Gasteiger partial charge >= 0.3 is 0 Å². The van der Waals surface area contributed by atoms with Gasteiger partial charge in [0.15, 0.2) is 6.29 Å². The molecule has 9 atom stereocenters. The molecule has 11 nitrogen and oxygen atoms in total. The molecule has 11 heteroatoms. The minimum Gasteiger partial charge on any atom is -0.394 e. The number of amides is 1. The molecule has 9 unspecified atom stereocenters. The Kier molecular flexibility index (Phi) is 56.9. The Morgan fingerprint density at radius 2 is 0.728 bits per heavy atom. The Hall–Kier alpha value is -1.15. The molecule has 1 aliphatic heterocycles. The summed E-state index contributed by atoms with van der Waals surface area (Å²) in [5.74, 6) is -0.697. The molecule has 1 fully saturated rings. The van der Waals surface area contributed by atoms with E-state index in [1.54, 1.807) is 0 Å². The van der Waals surface area contributed by atoms with Gasteiger partial charge in [-0.25, -0.2) is 0 Å². The second-order valence-electron chi connectivity index (χ2n) is 25.3. The summed E-state index contributed by atoms with van der Waals surface area (Å²) in [6, 6.07) is -1.18. The van der Waals surface area contributed by atoms with Crippen LogP contribution >= 0.6 is 0 Å². The highest BCUT2D eigenvalue weighted by atomic mass is 16.7. The van der Waals surface area contributed by atoms with Gasteiger partial charge in [0, 0.05) is 0 Å². The SMILES string of the molecule is CCCCCCCCCCCCCCCCCCCCCCCCC/C=C/CCCC(O)C(O)C(COC1OC(CO)C(O)C(O)C1O)NC(=O)C(O)CCCCCCCCCCCCCCCCCCCCCCCCCCCC. The van der Waals surface area contributed by atoms with E-state index in [4.69, 9.17) is 9.47 Å². The van der Waals surface area contributed by atoms with Gasteiger partial charge < -0.3 is 50.5 Å². The lowest BCUT2D eigenvalue weighted by molar-refractivity contribution is -0.303. The molecular formula is C70H137NO10. The fourth-order valence-corrected chi connectivity index (χ4v) is 11.9. The Labute approximate surface area is 500 Å².